The van der Waals surface area contributed by atoms with Crippen LogP contribution in [0.4, 0.5) is 5.69 Å². The maximum Gasteiger partial charge on any atom is 0.335 e. The molecular weight excluding hydrogens is 274 g/mol. The average Bonchev–Trinajstić information content (AvgIpc) is 2.33. The molecule has 2 atom stereocenters. The number of carboxylic acid groups (broad SMARTS) is 1. The zero-order valence-electron chi connectivity index (χ0n) is 10.2. The Morgan fingerprint density at radius 1 is 1.56 bits per heavy atom. The van der Waals surface area contributed by atoms with Gasteiger partial charge < -0.3 is 15.5 Å². The summed E-state index contributed by atoms with van der Waals surface area (Å²) in [6, 6.07) is 4.57. The molecule has 2 unspecified atom stereocenters. The molecule has 0 spiro atoms. The minimum Gasteiger partial charge on any atom is -0.478 e. The van der Waals surface area contributed by atoms with Gasteiger partial charge in [-0.15, -0.1) is 0 Å². The highest BCUT2D eigenvalue weighted by atomic mass is 35.5. The molecule has 0 fully saturated rings. The number of hydrogen-bond donors (Lipinski definition) is 3. The number of aliphatic hydroxyl groups is 1. The van der Waals surface area contributed by atoms with Crippen LogP contribution in [0.25, 0.3) is 0 Å². The molecule has 6 heteroatoms. The summed E-state index contributed by atoms with van der Waals surface area (Å²) in [4.78, 5) is 10.8. The van der Waals surface area contributed by atoms with Gasteiger partial charge in [-0.2, -0.15) is 11.8 Å². The van der Waals surface area contributed by atoms with Crippen molar-refractivity contribution in [1.82, 2.24) is 0 Å². The highest BCUT2D eigenvalue weighted by Crippen LogP contribution is 2.25. The molecule has 0 aliphatic rings. The predicted octanol–water partition coefficient (Wildman–Crippen LogP) is 2.56. The molecule has 0 bridgehead atoms. The van der Waals surface area contributed by atoms with E-state index in [9.17, 15) is 9.90 Å². The number of hydrogen-bond acceptors (Lipinski definition) is 4. The van der Waals surface area contributed by atoms with Crippen LogP contribution in [0.5, 0.6) is 0 Å². The molecule has 0 saturated carbocycles. The number of thioether (sulfide) groups is 1. The second kappa shape index (κ2) is 6.87. The highest BCUT2D eigenvalue weighted by Gasteiger charge is 2.16. The Balaban J connectivity index is 2.82. The summed E-state index contributed by atoms with van der Waals surface area (Å²) in [5, 5.41) is 21.6. The second-order valence-electron chi connectivity index (χ2n) is 3.89. The number of carboxylic acids is 1. The zero-order chi connectivity index (χ0) is 13.7. The first-order valence-electron chi connectivity index (χ1n) is 5.42. The first kappa shape index (κ1) is 15.1. The molecule has 0 saturated heterocycles. The van der Waals surface area contributed by atoms with Crippen molar-refractivity contribution < 1.29 is 15.0 Å². The first-order valence-corrected chi connectivity index (χ1v) is 7.09. The molecule has 18 heavy (non-hydrogen) atoms. The van der Waals surface area contributed by atoms with Crippen LogP contribution in [0.3, 0.4) is 0 Å². The Morgan fingerprint density at radius 2 is 2.22 bits per heavy atom. The van der Waals surface area contributed by atoms with E-state index in [1.165, 1.54) is 12.1 Å². The van der Waals surface area contributed by atoms with Crippen molar-refractivity contribution in [3.63, 3.8) is 0 Å². The summed E-state index contributed by atoms with van der Waals surface area (Å²) in [5.74, 6) is -1.01. The van der Waals surface area contributed by atoms with E-state index in [-0.39, 0.29) is 23.5 Å². The van der Waals surface area contributed by atoms with Gasteiger partial charge in [-0.3, -0.25) is 0 Å². The van der Waals surface area contributed by atoms with Crippen molar-refractivity contribution in [2.24, 2.45) is 0 Å². The Kier molecular flexibility index (Phi) is 5.78. The topological polar surface area (TPSA) is 69.6 Å². The maximum atomic E-state index is 10.8. The first-order chi connectivity index (χ1) is 8.49. The van der Waals surface area contributed by atoms with Gasteiger partial charge in [0.1, 0.15) is 0 Å². The number of anilines is 1. The minimum atomic E-state index is -1.01. The van der Waals surface area contributed by atoms with E-state index in [2.05, 4.69) is 5.32 Å². The van der Waals surface area contributed by atoms with Crippen LogP contribution in [0, 0.1) is 0 Å². The molecule has 1 aromatic carbocycles. The van der Waals surface area contributed by atoms with Crippen LogP contribution in [-0.2, 0) is 0 Å². The molecule has 0 amide bonds. The lowest BCUT2D eigenvalue weighted by Gasteiger charge is -2.23. The number of rotatable bonds is 6. The zero-order valence-corrected chi connectivity index (χ0v) is 11.8. The van der Waals surface area contributed by atoms with Gasteiger partial charge in [0.2, 0.25) is 0 Å². The van der Waals surface area contributed by atoms with E-state index >= 15 is 0 Å². The summed E-state index contributed by atoms with van der Waals surface area (Å²) in [7, 11) is 0. The Labute approximate surface area is 115 Å². The number of aromatic carboxylic acids is 1. The van der Waals surface area contributed by atoms with Gasteiger partial charge in [0.25, 0.3) is 0 Å². The van der Waals surface area contributed by atoms with Gasteiger partial charge in [0.05, 0.1) is 22.9 Å². The molecule has 0 radical (unpaired) electrons. The summed E-state index contributed by atoms with van der Waals surface area (Å²) < 4.78 is 0. The fraction of sp³-hybridized carbons (Fsp3) is 0.417. The van der Waals surface area contributed by atoms with E-state index in [0.29, 0.717) is 10.7 Å². The van der Waals surface area contributed by atoms with Gasteiger partial charge in [0.15, 0.2) is 0 Å². The third kappa shape index (κ3) is 3.80. The van der Waals surface area contributed by atoms with E-state index in [1.807, 2.05) is 13.2 Å². The van der Waals surface area contributed by atoms with Crippen LogP contribution in [-0.4, -0.2) is 40.3 Å². The predicted molar refractivity (Wildman–Crippen MR) is 75.9 cm³/mol. The van der Waals surface area contributed by atoms with E-state index in [4.69, 9.17) is 16.7 Å². The molecule has 1 aromatic rings. The van der Waals surface area contributed by atoms with Gasteiger partial charge in [-0.1, -0.05) is 11.6 Å². The summed E-state index contributed by atoms with van der Waals surface area (Å²) in [5.41, 5.74) is 0.823. The Bertz CT molecular complexity index is 424. The minimum absolute atomic E-state index is 0.0261. The molecular formula is C12H16ClNO3S. The lowest BCUT2D eigenvalue weighted by molar-refractivity contribution is 0.0697. The van der Waals surface area contributed by atoms with Gasteiger partial charge >= 0.3 is 5.97 Å². The van der Waals surface area contributed by atoms with Crippen molar-refractivity contribution in [1.29, 1.82) is 0 Å². The summed E-state index contributed by atoms with van der Waals surface area (Å²) >= 11 is 7.57. The number of carbonyl (C=O) groups is 1. The fourth-order valence-corrected chi connectivity index (χ4v) is 2.40. The molecule has 0 aliphatic carbocycles. The SMILES string of the molecule is CSC(CO)C(C)Nc1ccc(C(=O)O)cc1Cl. The number of nitrogens with one attached hydrogen (secondary N) is 1. The van der Waals surface area contributed by atoms with Crippen LogP contribution < -0.4 is 5.32 Å². The maximum absolute atomic E-state index is 10.8. The van der Waals surface area contributed by atoms with Crippen molar-refractivity contribution in [2.45, 2.75) is 18.2 Å². The van der Waals surface area contributed by atoms with Gasteiger partial charge in [0, 0.05) is 11.3 Å². The third-order valence-electron chi connectivity index (χ3n) is 2.64. The highest BCUT2D eigenvalue weighted by molar-refractivity contribution is 7.99. The van der Waals surface area contributed by atoms with E-state index < -0.39 is 5.97 Å². The molecule has 1 rings (SSSR count). The van der Waals surface area contributed by atoms with E-state index in [1.54, 1.807) is 17.8 Å². The van der Waals surface area contributed by atoms with E-state index in [0.717, 1.165) is 0 Å². The quantitative estimate of drug-likeness (QED) is 0.751. The fourth-order valence-electron chi connectivity index (χ4n) is 1.54. The second-order valence-corrected chi connectivity index (χ2v) is 5.37. The van der Waals surface area contributed by atoms with Crippen LogP contribution >= 0.6 is 23.4 Å². The number of halogens is 1. The lowest BCUT2D eigenvalue weighted by atomic mass is 10.1. The monoisotopic (exact) mass is 289 g/mol. The van der Waals surface area contributed by atoms with Crippen molar-refractivity contribution >= 4 is 35.0 Å². The largest absolute Gasteiger partial charge is 0.478 e. The molecule has 4 nitrogen and oxygen atoms in total. The molecule has 0 aromatic heterocycles. The van der Waals surface area contributed by atoms with Crippen molar-refractivity contribution in [2.75, 3.05) is 18.2 Å². The average molecular weight is 290 g/mol. The van der Waals surface area contributed by atoms with Crippen LogP contribution in [0.2, 0.25) is 5.02 Å². The standard InChI is InChI=1S/C12H16ClNO3S/c1-7(11(6-15)18-2)14-10-4-3-8(12(16)17)5-9(10)13/h3-5,7,11,14-15H,6H2,1-2H3,(H,16,17). The lowest BCUT2D eigenvalue weighted by Crippen LogP contribution is -2.31. The molecule has 0 aliphatic heterocycles. The van der Waals surface area contributed by atoms with Crippen LogP contribution in [0.15, 0.2) is 18.2 Å². The van der Waals surface area contributed by atoms with Crippen LogP contribution in [0.1, 0.15) is 17.3 Å². The number of benzene rings is 1. The summed E-state index contributed by atoms with van der Waals surface area (Å²) in [6.45, 7) is 2.01. The van der Waals surface area contributed by atoms with Gasteiger partial charge in [-0.25, -0.2) is 4.79 Å². The summed E-state index contributed by atoms with van der Waals surface area (Å²) in [6.07, 6.45) is 1.92. The third-order valence-corrected chi connectivity index (χ3v) is 4.12. The normalized spacial score (nSPS) is 14.0. The Morgan fingerprint density at radius 3 is 2.67 bits per heavy atom. The smallest absolute Gasteiger partial charge is 0.335 e. The van der Waals surface area contributed by atoms with Gasteiger partial charge in [-0.05, 0) is 31.4 Å². The number of aliphatic hydroxyl groups excluding tert-OH is 1. The molecule has 3 N–H and O–H groups in total. The molecule has 0 heterocycles. The van der Waals surface area contributed by atoms with Crippen molar-refractivity contribution in [3.8, 4) is 0 Å². The Hall–Kier alpha value is -0.910. The molecule has 100 valence electrons. The van der Waals surface area contributed by atoms with Crippen molar-refractivity contribution in [3.05, 3.63) is 28.8 Å².